The molecule has 0 saturated heterocycles. The van der Waals surface area contributed by atoms with Crippen LogP contribution in [0.2, 0.25) is 0 Å². The fourth-order valence-corrected chi connectivity index (χ4v) is 5.55. The number of nitrogens with zero attached hydrogens (tertiary/aromatic N) is 1. The number of carbonyl (C=O) groups is 1. The number of fused-ring (bicyclic) bond motifs is 1. The molecule has 1 saturated carbocycles. The highest BCUT2D eigenvalue weighted by molar-refractivity contribution is 7.87. The summed E-state index contributed by atoms with van der Waals surface area (Å²) in [7, 11) is -2.59. The van der Waals surface area contributed by atoms with Gasteiger partial charge in [0.1, 0.15) is 16.4 Å². The summed E-state index contributed by atoms with van der Waals surface area (Å²) in [5.74, 6) is 1.37. The molecule has 0 radical (unpaired) electrons. The molecule has 5 rings (SSSR count). The van der Waals surface area contributed by atoms with Crippen LogP contribution < -0.4 is 25.3 Å². The maximum atomic E-state index is 13.0. The number of hydrogen-bond acceptors (Lipinski definition) is 7. The van der Waals surface area contributed by atoms with Crippen LogP contribution in [0.1, 0.15) is 37.2 Å². The lowest BCUT2D eigenvalue weighted by Gasteiger charge is -2.13. The first-order chi connectivity index (χ1) is 17.8. The molecule has 11 heteroatoms. The van der Waals surface area contributed by atoms with Crippen molar-refractivity contribution >= 4 is 44.5 Å². The van der Waals surface area contributed by atoms with Crippen molar-refractivity contribution in [3.8, 4) is 11.5 Å². The van der Waals surface area contributed by atoms with Crippen molar-refractivity contribution in [3.05, 3.63) is 66.2 Å². The Morgan fingerprint density at radius 2 is 1.73 bits per heavy atom. The van der Waals surface area contributed by atoms with E-state index in [1.165, 1.54) is 31.0 Å². The van der Waals surface area contributed by atoms with Crippen molar-refractivity contribution in [2.45, 2.75) is 36.5 Å². The number of carbonyl (C=O) groups excluding carboxylic acids is 1. The number of ether oxygens (including phenoxy) is 1. The molecule has 0 unspecified atom stereocenters. The van der Waals surface area contributed by atoms with Crippen molar-refractivity contribution in [2.24, 2.45) is 0 Å². The van der Waals surface area contributed by atoms with E-state index in [0.29, 0.717) is 28.4 Å². The minimum atomic E-state index is -4.15. The van der Waals surface area contributed by atoms with Crippen molar-refractivity contribution in [1.29, 1.82) is 0 Å². The van der Waals surface area contributed by atoms with E-state index in [0.717, 1.165) is 18.4 Å². The summed E-state index contributed by atoms with van der Waals surface area (Å²) in [6, 6.07) is 16.0. The molecule has 192 valence electrons. The lowest BCUT2D eigenvalue weighted by atomic mass is 9.97. The van der Waals surface area contributed by atoms with Crippen LogP contribution in [0.25, 0.3) is 11.0 Å². The molecule has 10 nitrogen and oxygen atoms in total. The number of hydrogen-bond donors (Lipinski definition) is 4. The first-order valence-corrected chi connectivity index (χ1v) is 13.3. The van der Waals surface area contributed by atoms with Crippen LogP contribution in [0.4, 0.5) is 22.1 Å². The Hall–Kier alpha value is -4.25. The van der Waals surface area contributed by atoms with Gasteiger partial charge in [0.2, 0.25) is 5.95 Å². The van der Waals surface area contributed by atoms with E-state index in [1.54, 1.807) is 43.5 Å². The Bertz CT molecular complexity index is 1540. The van der Waals surface area contributed by atoms with Gasteiger partial charge in [-0.25, -0.2) is 9.78 Å². The Morgan fingerprint density at radius 3 is 2.43 bits per heavy atom. The molecule has 1 fully saturated rings. The smallest absolute Gasteiger partial charge is 0.341 e. The molecule has 0 bridgehead atoms. The molecule has 3 aromatic carbocycles. The number of methoxy groups -OCH3 is 1. The van der Waals surface area contributed by atoms with Gasteiger partial charge in [-0.2, -0.15) is 8.42 Å². The van der Waals surface area contributed by atoms with E-state index in [9.17, 15) is 13.2 Å². The summed E-state index contributed by atoms with van der Waals surface area (Å²) in [5, 5.41) is 5.31. The summed E-state index contributed by atoms with van der Waals surface area (Å²) in [4.78, 5) is 19.5. The molecule has 1 aliphatic carbocycles. The predicted octanol–water partition coefficient (Wildman–Crippen LogP) is 5.22. The molecule has 1 aliphatic rings. The molecule has 0 spiro atoms. The van der Waals surface area contributed by atoms with Gasteiger partial charge in [0, 0.05) is 11.8 Å². The van der Waals surface area contributed by atoms with Gasteiger partial charge in [-0.3, -0.25) is 5.32 Å². The highest BCUT2D eigenvalue weighted by atomic mass is 32.2. The second kappa shape index (κ2) is 10.0. The first kappa shape index (κ1) is 24.4. The molecule has 1 heterocycles. The fourth-order valence-electron chi connectivity index (χ4n) is 4.52. The number of nitrogen functional groups attached to an aromatic ring is 1. The summed E-state index contributed by atoms with van der Waals surface area (Å²) in [6.45, 7) is 0. The minimum Gasteiger partial charge on any atom is -0.497 e. The Labute approximate surface area is 214 Å². The van der Waals surface area contributed by atoms with E-state index < -0.39 is 16.1 Å². The minimum absolute atomic E-state index is 0.0727. The van der Waals surface area contributed by atoms with Crippen LogP contribution in [-0.4, -0.2) is 31.5 Å². The zero-order valence-electron chi connectivity index (χ0n) is 20.2. The summed E-state index contributed by atoms with van der Waals surface area (Å²) < 4.78 is 36.4. The topological polar surface area (TPSA) is 148 Å². The molecular weight excluding hydrogens is 494 g/mol. The number of aromatic amines is 1. The molecular formula is C26H27N5O5S. The third-order valence-electron chi connectivity index (χ3n) is 6.37. The SMILES string of the molecule is COc1ccc(NC(=O)Nc2nc3ccc(OS(=O)(=O)c4ccc(C5CCCC5)cc4N)cc3[nH]2)cc1. The maximum Gasteiger partial charge on any atom is 0.341 e. The van der Waals surface area contributed by atoms with E-state index in [1.807, 2.05) is 6.07 Å². The van der Waals surface area contributed by atoms with Gasteiger partial charge in [0.15, 0.2) is 0 Å². The average molecular weight is 522 g/mol. The molecule has 1 aromatic heterocycles. The molecule has 5 N–H and O–H groups in total. The number of nitrogens with two attached hydrogens (primary N) is 1. The fraction of sp³-hybridized carbons (Fsp3) is 0.231. The van der Waals surface area contributed by atoms with Gasteiger partial charge in [0.05, 0.1) is 23.8 Å². The summed E-state index contributed by atoms with van der Waals surface area (Å²) in [6.07, 6.45) is 4.53. The van der Waals surface area contributed by atoms with Gasteiger partial charge in [-0.1, -0.05) is 18.9 Å². The largest absolute Gasteiger partial charge is 0.497 e. The second-order valence-corrected chi connectivity index (χ2v) is 10.4. The van der Waals surface area contributed by atoms with Crippen LogP contribution in [-0.2, 0) is 10.1 Å². The zero-order valence-corrected chi connectivity index (χ0v) is 21.0. The average Bonchev–Trinajstić information content (AvgIpc) is 3.53. The zero-order chi connectivity index (χ0) is 26.0. The Balaban J connectivity index is 1.28. The molecule has 4 aromatic rings. The third-order valence-corrected chi connectivity index (χ3v) is 7.69. The number of imidazole rings is 1. The number of benzene rings is 3. The van der Waals surface area contributed by atoms with Gasteiger partial charge >= 0.3 is 16.1 Å². The van der Waals surface area contributed by atoms with Gasteiger partial charge < -0.3 is 25.0 Å². The molecule has 0 atom stereocenters. The standard InChI is InChI=1S/C26H27N5O5S/c1-35-19-9-7-18(8-10-19)28-26(32)31-25-29-22-12-11-20(15-23(22)30-25)36-37(33,34)24-13-6-17(14-21(24)27)16-4-2-3-5-16/h6-16H,2-5,27H2,1H3,(H3,28,29,30,31,32). The van der Waals surface area contributed by atoms with Gasteiger partial charge in [-0.05, 0) is 72.9 Å². The highest BCUT2D eigenvalue weighted by Crippen LogP contribution is 2.36. The van der Waals surface area contributed by atoms with E-state index in [4.69, 9.17) is 14.7 Å². The monoisotopic (exact) mass is 521 g/mol. The van der Waals surface area contributed by atoms with E-state index in [-0.39, 0.29) is 22.3 Å². The van der Waals surface area contributed by atoms with Crippen molar-refractivity contribution in [2.75, 3.05) is 23.5 Å². The first-order valence-electron chi connectivity index (χ1n) is 11.9. The number of H-pyrrole nitrogens is 1. The lowest BCUT2D eigenvalue weighted by molar-refractivity contribution is 0.262. The van der Waals surface area contributed by atoms with Crippen LogP contribution in [0.3, 0.4) is 0 Å². The Kier molecular flexibility index (Phi) is 6.62. The maximum absolute atomic E-state index is 13.0. The number of nitrogens with one attached hydrogen (secondary N) is 3. The van der Waals surface area contributed by atoms with Crippen molar-refractivity contribution < 1.29 is 22.1 Å². The predicted molar refractivity (Wildman–Crippen MR) is 142 cm³/mol. The number of aromatic nitrogens is 2. The number of rotatable bonds is 7. The number of anilines is 3. The lowest BCUT2D eigenvalue weighted by Crippen LogP contribution is -2.20. The molecule has 37 heavy (non-hydrogen) atoms. The number of amides is 2. The van der Waals surface area contributed by atoms with E-state index in [2.05, 4.69) is 20.6 Å². The second-order valence-electron chi connectivity index (χ2n) is 8.89. The molecule has 0 aliphatic heterocycles. The third kappa shape index (κ3) is 5.46. The van der Waals surface area contributed by atoms with Gasteiger partial charge in [0.25, 0.3) is 0 Å². The van der Waals surface area contributed by atoms with E-state index >= 15 is 0 Å². The Morgan fingerprint density at radius 1 is 1.00 bits per heavy atom. The van der Waals surface area contributed by atoms with Crippen molar-refractivity contribution in [3.63, 3.8) is 0 Å². The van der Waals surface area contributed by atoms with Crippen LogP contribution in [0, 0.1) is 0 Å². The number of urea groups is 1. The summed E-state index contributed by atoms with van der Waals surface area (Å²) >= 11 is 0. The normalized spacial score (nSPS) is 14.0. The van der Waals surface area contributed by atoms with Crippen LogP contribution in [0.5, 0.6) is 11.5 Å². The van der Waals surface area contributed by atoms with Crippen molar-refractivity contribution in [1.82, 2.24) is 9.97 Å². The van der Waals surface area contributed by atoms with Crippen LogP contribution in [0.15, 0.2) is 65.6 Å². The quantitative estimate of drug-likeness (QED) is 0.192. The van der Waals surface area contributed by atoms with Crippen LogP contribution >= 0.6 is 0 Å². The van der Waals surface area contributed by atoms with Gasteiger partial charge in [-0.15, -0.1) is 0 Å². The summed E-state index contributed by atoms with van der Waals surface area (Å²) in [5.41, 5.74) is 8.91. The highest BCUT2D eigenvalue weighted by Gasteiger charge is 2.23. The molecule has 2 amide bonds.